The molecule has 2 aromatic carbocycles. The maximum atomic E-state index is 6.70. The lowest BCUT2D eigenvalue weighted by Gasteiger charge is -2.21. The molecule has 0 spiro atoms. The van der Waals surface area contributed by atoms with Crippen LogP contribution in [-0.4, -0.2) is 19.7 Å². The maximum Gasteiger partial charge on any atom is 0.137 e. The third-order valence-electron chi connectivity index (χ3n) is 4.88. The highest BCUT2D eigenvalue weighted by molar-refractivity contribution is 6.34. The van der Waals surface area contributed by atoms with Gasteiger partial charge < -0.3 is 0 Å². The molecule has 0 saturated carbocycles. The summed E-state index contributed by atoms with van der Waals surface area (Å²) in [5, 5.41) is 11.5. The molecular formula is C20H15ClN4. The van der Waals surface area contributed by atoms with Crippen molar-refractivity contribution < 1.29 is 0 Å². The number of halogens is 1. The van der Waals surface area contributed by atoms with Gasteiger partial charge in [-0.05, 0) is 36.4 Å². The van der Waals surface area contributed by atoms with E-state index in [0.29, 0.717) is 0 Å². The van der Waals surface area contributed by atoms with E-state index >= 15 is 0 Å². The molecule has 0 bridgehead atoms. The van der Waals surface area contributed by atoms with Crippen molar-refractivity contribution in [1.82, 2.24) is 19.7 Å². The molecule has 1 aliphatic rings. The standard InChI is InChI=1S/C20H15ClN4/c1-12-23-24-20-7-6-13-8-16(18(21)9-19(13)25(12)20)17-11-22-10-14-4-2-3-5-15(14)17/h2-5,8-11H,6-7H2,1H3. The quantitative estimate of drug-likeness (QED) is 0.508. The van der Waals surface area contributed by atoms with E-state index in [1.54, 1.807) is 0 Å². The van der Waals surface area contributed by atoms with Crippen LogP contribution >= 0.6 is 11.6 Å². The molecule has 0 unspecified atom stereocenters. The Morgan fingerprint density at radius 1 is 1.00 bits per heavy atom. The summed E-state index contributed by atoms with van der Waals surface area (Å²) in [4.78, 5) is 4.40. The van der Waals surface area contributed by atoms with E-state index < -0.39 is 0 Å². The Balaban J connectivity index is 1.76. The van der Waals surface area contributed by atoms with Gasteiger partial charge in [-0.3, -0.25) is 9.55 Å². The lowest BCUT2D eigenvalue weighted by molar-refractivity contribution is 0.767. The predicted octanol–water partition coefficient (Wildman–Crippen LogP) is 4.54. The van der Waals surface area contributed by atoms with E-state index in [2.05, 4.69) is 37.9 Å². The van der Waals surface area contributed by atoms with E-state index in [-0.39, 0.29) is 0 Å². The van der Waals surface area contributed by atoms with Crippen LogP contribution in [0.4, 0.5) is 0 Å². The fraction of sp³-hybridized carbons (Fsp3) is 0.150. The third-order valence-corrected chi connectivity index (χ3v) is 5.19. The van der Waals surface area contributed by atoms with Crippen LogP contribution in [0.3, 0.4) is 0 Å². The summed E-state index contributed by atoms with van der Waals surface area (Å²) in [7, 11) is 0. The molecule has 5 rings (SSSR count). The molecule has 2 aromatic heterocycles. The SMILES string of the molecule is Cc1nnc2n1-c1cc(Cl)c(-c3cncc4ccccc34)cc1CC2. The zero-order chi connectivity index (χ0) is 17.0. The van der Waals surface area contributed by atoms with Crippen LogP contribution in [0, 0.1) is 6.92 Å². The fourth-order valence-corrected chi connectivity index (χ4v) is 3.94. The summed E-state index contributed by atoms with van der Waals surface area (Å²) in [6, 6.07) is 12.5. The number of aryl methyl sites for hydroxylation is 3. The molecule has 0 saturated heterocycles. The Kier molecular flexibility index (Phi) is 3.15. The van der Waals surface area contributed by atoms with Gasteiger partial charge in [-0.2, -0.15) is 0 Å². The lowest BCUT2D eigenvalue weighted by Crippen LogP contribution is -2.13. The van der Waals surface area contributed by atoms with Crippen molar-refractivity contribution >= 4 is 22.4 Å². The topological polar surface area (TPSA) is 43.6 Å². The summed E-state index contributed by atoms with van der Waals surface area (Å²) in [5.74, 6) is 1.90. The van der Waals surface area contributed by atoms with Crippen LogP contribution in [0.15, 0.2) is 48.8 Å². The monoisotopic (exact) mass is 346 g/mol. The molecule has 1 aliphatic heterocycles. The van der Waals surface area contributed by atoms with Gasteiger partial charge in [0.2, 0.25) is 0 Å². The molecule has 0 radical (unpaired) electrons. The molecule has 0 fully saturated rings. The highest BCUT2D eigenvalue weighted by atomic mass is 35.5. The van der Waals surface area contributed by atoms with Gasteiger partial charge in [0.15, 0.2) is 0 Å². The molecule has 4 aromatic rings. The summed E-state index contributed by atoms with van der Waals surface area (Å²) in [6.07, 6.45) is 5.62. The van der Waals surface area contributed by atoms with Crippen LogP contribution in [0.1, 0.15) is 17.2 Å². The average Bonchev–Trinajstić information content (AvgIpc) is 3.02. The van der Waals surface area contributed by atoms with Crippen molar-refractivity contribution in [2.45, 2.75) is 19.8 Å². The summed E-state index contributed by atoms with van der Waals surface area (Å²) in [6.45, 7) is 1.97. The van der Waals surface area contributed by atoms with E-state index in [1.807, 2.05) is 37.5 Å². The molecule has 4 nitrogen and oxygen atoms in total. The number of hydrogen-bond donors (Lipinski definition) is 0. The number of aromatic nitrogens is 4. The van der Waals surface area contributed by atoms with Gasteiger partial charge in [-0.1, -0.05) is 35.9 Å². The van der Waals surface area contributed by atoms with Gasteiger partial charge in [0.25, 0.3) is 0 Å². The zero-order valence-corrected chi connectivity index (χ0v) is 14.5. The van der Waals surface area contributed by atoms with Crippen molar-refractivity contribution in [1.29, 1.82) is 0 Å². The Labute approximate surface area is 150 Å². The van der Waals surface area contributed by atoms with Crippen LogP contribution in [-0.2, 0) is 12.8 Å². The number of rotatable bonds is 1. The molecular weight excluding hydrogens is 332 g/mol. The summed E-state index contributed by atoms with van der Waals surface area (Å²) >= 11 is 6.70. The average molecular weight is 347 g/mol. The number of fused-ring (bicyclic) bond motifs is 4. The zero-order valence-electron chi connectivity index (χ0n) is 13.7. The summed E-state index contributed by atoms with van der Waals surface area (Å²) < 4.78 is 2.11. The Morgan fingerprint density at radius 2 is 1.88 bits per heavy atom. The highest BCUT2D eigenvalue weighted by Gasteiger charge is 2.22. The van der Waals surface area contributed by atoms with Gasteiger partial charge >= 0.3 is 0 Å². The number of pyridine rings is 1. The largest absolute Gasteiger partial charge is 0.283 e. The van der Waals surface area contributed by atoms with Crippen LogP contribution < -0.4 is 0 Å². The van der Waals surface area contributed by atoms with Gasteiger partial charge in [0.1, 0.15) is 11.6 Å². The molecule has 0 atom stereocenters. The van der Waals surface area contributed by atoms with Crippen molar-refractivity contribution in [3.63, 3.8) is 0 Å². The first-order chi connectivity index (χ1) is 12.2. The van der Waals surface area contributed by atoms with Gasteiger partial charge in [0, 0.05) is 35.3 Å². The van der Waals surface area contributed by atoms with E-state index in [0.717, 1.165) is 57.1 Å². The Morgan fingerprint density at radius 3 is 2.80 bits per heavy atom. The minimum absolute atomic E-state index is 0.720. The second-order valence-corrected chi connectivity index (χ2v) is 6.78. The summed E-state index contributed by atoms with van der Waals surface area (Å²) in [5.41, 5.74) is 4.45. The second kappa shape index (κ2) is 5.39. The van der Waals surface area contributed by atoms with Crippen molar-refractivity contribution in [2.24, 2.45) is 0 Å². The molecule has 0 amide bonds. The minimum atomic E-state index is 0.720. The number of hydrogen-bond acceptors (Lipinski definition) is 3. The molecule has 3 heterocycles. The van der Waals surface area contributed by atoms with Crippen molar-refractivity contribution in [3.05, 3.63) is 71.0 Å². The van der Waals surface area contributed by atoms with Gasteiger partial charge in [-0.25, -0.2) is 0 Å². The molecule has 0 aliphatic carbocycles. The Hall–Kier alpha value is -2.72. The lowest BCUT2D eigenvalue weighted by atomic mass is 9.95. The highest BCUT2D eigenvalue weighted by Crippen LogP contribution is 2.37. The first-order valence-electron chi connectivity index (χ1n) is 8.29. The first kappa shape index (κ1) is 14.6. The van der Waals surface area contributed by atoms with Crippen molar-refractivity contribution in [2.75, 3.05) is 0 Å². The molecule has 25 heavy (non-hydrogen) atoms. The Bertz CT molecular complexity index is 1120. The molecule has 122 valence electrons. The normalized spacial score (nSPS) is 12.9. The van der Waals surface area contributed by atoms with E-state index in [4.69, 9.17) is 11.6 Å². The minimum Gasteiger partial charge on any atom is -0.283 e. The first-order valence-corrected chi connectivity index (χ1v) is 8.67. The molecule has 0 N–H and O–H groups in total. The fourth-order valence-electron chi connectivity index (χ4n) is 3.68. The number of nitrogens with zero attached hydrogens (tertiary/aromatic N) is 4. The van der Waals surface area contributed by atoms with Crippen LogP contribution in [0.2, 0.25) is 5.02 Å². The third kappa shape index (κ3) is 2.18. The molecule has 5 heteroatoms. The van der Waals surface area contributed by atoms with Gasteiger partial charge in [-0.15, -0.1) is 10.2 Å². The second-order valence-electron chi connectivity index (χ2n) is 6.37. The number of benzene rings is 2. The predicted molar refractivity (Wildman–Crippen MR) is 99.3 cm³/mol. The van der Waals surface area contributed by atoms with Crippen molar-refractivity contribution in [3.8, 4) is 16.8 Å². The van der Waals surface area contributed by atoms with E-state index in [1.165, 1.54) is 5.56 Å². The van der Waals surface area contributed by atoms with Crippen LogP contribution in [0.5, 0.6) is 0 Å². The smallest absolute Gasteiger partial charge is 0.137 e. The maximum absolute atomic E-state index is 6.70. The van der Waals surface area contributed by atoms with E-state index in [9.17, 15) is 0 Å². The van der Waals surface area contributed by atoms with Gasteiger partial charge in [0.05, 0.1) is 10.7 Å². The van der Waals surface area contributed by atoms with Crippen LogP contribution in [0.25, 0.3) is 27.6 Å².